The largest absolute Gasteiger partial charge is 0.381 e. The second-order valence-electron chi connectivity index (χ2n) is 6.83. The fourth-order valence-corrected chi connectivity index (χ4v) is 3.69. The van der Waals surface area contributed by atoms with Crippen LogP contribution in [0.1, 0.15) is 57.9 Å². The normalized spacial score (nSPS) is 18.1. The zero-order chi connectivity index (χ0) is 17.4. The zero-order valence-electron chi connectivity index (χ0n) is 14.9. The summed E-state index contributed by atoms with van der Waals surface area (Å²) in [6, 6.07) is 7.73. The summed E-state index contributed by atoms with van der Waals surface area (Å²) < 4.78 is 5.51. The number of carbonyl (C=O) groups is 1. The van der Waals surface area contributed by atoms with Crippen LogP contribution in [0.4, 0.5) is 0 Å². The van der Waals surface area contributed by atoms with E-state index in [9.17, 15) is 4.79 Å². The van der Waals surface area contributed by atoms with Gasteiger partial charge in [-0.15, -0.1) is 0 Å². The Labute approximate surface area is 151 Å². The number of nitrogens with one attached hydrogen (secondary N) is 1. The Bertz CT molecular complexity index is 526. The van der Waals surface area contributed by atoms with Gasteiger partial charge in [-0.05, 0) is 42.9 Å². The van der Waals surface area contributed by atoms with Crippen molar-refractivity contribution in [3.8, 4) is 0 Å². The van der Waals surface area contributed by atoms with E-state index < -0.39 is 5.41 Å². The molecule has 0 radical (unpaired) electrons. The van der Waals surface area contributed by atoms with Crippen LogP contribution in [0.25, 0.3) is 0 Å². The molecule has 134 valence electrons. The van der Waals surface area contributed by atoms with E-state index in [0.717, 1.165) is 18.5 Å². The first kappa shape index (κ1) is 19.3. The van der Waals surface area contributed by atoms with Crippen LogP contribution < -0.4 is 5.32 Å². The fraction of sp³-hybridized carbons (Fsp3) is 0.650. The lowest BCUT2D eigenvalue weighted by Crippen LogP contribution is -2.49. The molecule has 0 bridgehead atoms. The molecule has 2 rings (SSSR count). The van der Waals surface area contributed by atoms with Crippen LogP contribution in [0.15, 0.2) is 24.3 Å². The van der Waals surface area contributed by atoms with Gasteiger partial charge in [-0.25, -0.2) is 0 Å². The minimum Gasteiger partial charge on any atom is -0.381 e. The SMILES string of the molecule is CCCCC(CC)CNC(=O)C1(c2cccc(Cl)c2)CCOCC1. The number of carbonyl (C=O) groups excluding carboxylic acids is 1. The molecule has 1 fully saturated rings. The molecule has 0 spiro atoms. The second kappa shape index (κ2) is 9.43. The van der Waals surface area contributed by atoms with E-state index in [1.54, 1.807) is 0 Å². The minimum atomic E-state index is -0.508. The maximum atomic E-state index is 13.1. The summed E-state index contributed by atoms with van der Waals surface area (Å²) in [6.45, 7) is 6.41. The molecule has 1 aliphatic heterocycles. The van der Waals surface area contributed by atoms with Gasteiger partial charge in [0.1, 0.15) is 0 Å². The van der Waals surface area contributed by atoms with E-state index in [1.165, 1.54) is 19.3 Å². The van der Waals surface area contributed by atoms with Gasteiger partial charge in [0.2, 0.25) is 5.91 Å². The third kappa shape index (κ3) is 4.73. The molecule has 1 saturated heterocycles. The molecule has 1 N–H and O–H groups in total. The number of hydrogen-bond acceptors (Lipinski definition) is 2. The van der Waals surface area contributed by atoms with Crippen molar-refractivity contribution < 1.29 is 9.53 Å². The van der Waals surface area contributed by atoms with Crippen LogP contribution in [0.2, 0.25) is 5.02 Å². The molecule has 3 nitrogen and oxygen atoms in total. The van der Waals surface area contributed by atoms with Crippen LogP contribution in [-0.2, 0) is 14.9 Å². The van der Waals surface area contributed by atoms with Crippen molar-refractivity contribution in [1.29, 1.82) is 0 Å². The van der Waals surface area contributed by atoms with Gasteiger partial charge in [0.05, 0.1) is 5.41 Å². The van der Waals surface area contributed by atoms with Crippen molar-refractivity contribution in [3.63, 3.8) is 0 Å². The topological polar surface area (TPSA) is 38.3 Å². The molecule has 1 amide bonds. The minimum absolute atomic E-state index is 0.128. The highest BCUT2D eigenvalue weighted by Crippen LogP contribution is 2.36. The molecule has 0 saturated carbocycles. The summed E-state index contributed by atoms with van der Waals surface area (Å²) >= 11 is 6.17. The van der Waals surface area contributed by atoms with Gasteiger partial charge in [0.25, 0.3) is 0 Å². The number of benzene rings is 1. The number of hydrogen-bond donors (Lipinski definition) is 1. The van der Waals surface area contributed by atoms with Gasteiger partial charge >= 0.3 is 0 Å². The van der Waals surface area contributed by atoms with E-state index in [4.69, 9.17) is 16.3 Å². The molecule has 1 atom stereocenters. The Morgan fingerprint density at radius 1 is 1.33 bits per heavy atom. The van der Waals surface area contributed by atoms with Gasteiger partial charge in [-0.1, -0.05) is 56.8 Å². The monoisotopic (exact) mass is 351 g/mol. The highest BCUT2D eigenvalue weighted by atomic mass is 35.5. The van der Waals surface area contributed by atoms with Crippen molar-refractivity contribution >= 4 is 17.5 Å². The van der Waals surface area contributed by atoms with Crippen molar-refractivity contribution in [1.82, 2.24) is 5.32 Å². The standard InChI is InChI=1S/C20H30ClNO2/c1-3-5-7-16(4-2)15-22-19(23)20(10-12-24-13-11-20)17-8-6-9-18(21)14-17/h6,8-9,14,16H,3-5,7,10-13,15H2,1-2H3,(H,22,23). The first-order chi connectivity index (χ1) is 11.6. The summed E-state index contributed by atoms with van der Waals surface area (Å²) in [5.41, 5.74) is 0.504. The number of ether oxygens (including phenoxy) is 1. The van der Waals surface area contributed by atoms with E-state index in [-0.39, 0.29) is 5.91 Å². The molecule has 4 heteroatoms. The summed E-state index contributed by atoms with van der Waals surface area (Å²) in [5, 5.41) is 3.91. The van der Waals surface area contributed by atoms with Gasteiger partial charge in [0, 0.05) is 24.8 Å². The van der Waals surface area contributed by atoms with E-state index in [1.807, 2.05) is 24.3 Å². The van der Waals surface area contributed by atoms with E-state index in [0.29, 0.717) is 37.0 Å². The quantitative estimate of drug-likeness (QED) is 0.735. The van der Waals surface area contributed by atoms with Gasteiger partial charge in [-0.2, -0.15) is 0 Å². The number of amides is 1. The van der Waals surface area contributed by atoms with Crippen molar-refractivity contribution in [2.45, 2.75) is 57.8 Å². The second-order valence-corrected chi connectivity index (χ2v) is 7.27. The predicted molar refractivity (Wildman–Crippen MR) is 99.5 cm³/mol. The van der Waals surface area contributed by atoms with Crippen LogP contribution in [0, 0.1) is 5.92 Å². The van der Waals surface area contributed by atoms with Crippen molar-refractivity contribution in [3.05, 3.63) is 34.9 Å². The van der Waals surface area contributed by atoms with E-state index >= 15 is 0 Å². The summed E-state index contributed by atoms with van der Waals surface area (Å²) in [7, 11) is 0. The Kier molecular flexibility index (Phi) is 7.57. The molecule has 0 aliphatic carbocycles. The van der Waals surface area contributed by atoms with Gasteiger partial charge < -0.3 is 10.1 Å². The molecule has 1 aliphatic rings. The highest BCUT2D eigenvalue weighted by molar-refractivity contribution is 6.30. The molecule has 1 aromatic rings. The summed E-state index contributed by atoms with van der Waals surface area (Å²) in [5.74, 6) is 0.688. The average molecular weight is 352 g/mol. The van der Waals surface area contributed by atoms with Crippen molar-refractivity contribution in [2.75, 3.05) is 19.8 Å². The molecule has 24 heavy (non-hydrogen) atoms. The Hall–Kier alpha value is -1.06. The van der Waals surface area contributed by atoms with Crippen molar-refractivity contribution in [2.24, 2.45) is 5.92 Å². The number of halogens is 1. The molecule has 1 aromatic carbocycles. The molecule has 1 unspecified atom stereocenters. The first-order valence-electron chi connectivity index (χ1n) is 9.24. The van der Waals surface area contributed by atoms with Crippen LogP contribution in [0.3, 0.4) is 0 Å². The lowest BCUT2D eigenvalue weighted by molar-refractivity contribution is -0.130. The number of unbranched alkanes of at least 4 members (excludes halogenated alkanes) is 1. The lowest BCUT2D eigenvalue weighted by atomic mass is 9.73. The smallest absolute Gasteiger partial charge is 0.230 e. The van der Waals surface area contributed by atoms with Crippen LogP contribution in [-0.4, -0.2) is 25.7 Å². The third-order valence-corrected chi connectivity index (χ3v) is 5.49. The maximum Gasteiger partial charge on any atom is 0.230 e. The van der Waals surface area contributed by atoms with E-state index in [2.05, 4.69) is 19.2 Å². The summed E-state index contributed by atoms with van der Waals surface area (Å²) in [4.78, 5) is 13.1. The van der Waals surface area contributed by atoms with Gasteiger partial charge in [-0.3, -0.25) is 4.79 Å². The summed E-state index contributed by atoms with van der Waals surface area (Å²) in [6.07, 6.45) is 6.14. The molecular weight excluding hydrogens is 322 g/mol. The fourth-order valence-electron chi connectivity index (χ4n) is 3.50. The van der Waals surface area contributed by atoms with Crippen LogP contribution in [0.5, 0.6) is 0 Å². The van der Waals surface area contributed by atoms with Gasteiger partial charge in [0.15, 0.2) is 0 Å². The predicted octanol–water partition coefficient (Wildman–Crippen LogP) is 4.72. The Morgan fingerprint density at radius 3 is 2.71 bits per heavy atom. The highest BCUT2D eigenvalue weighted by Gasteiger charge is 2.41. The lowest BCUT2D eigenvalue weighted by Gasteiger charge is -2.36. The first-order valence-corrected chi connectivity index (χ1v) is 9.62. The number of rotatable bonds is 8. The zero-order valence-corrected chi connectivity index (χ0v) is 15.7. The molecule has 0 aromatic heterocycles. The maximum absolute atomic E-state index is 13.1. The molecular formula is C20H30ClNO2. The third-order valence-electron chi connectivity index (χ3n) is 5.25. The average Bonchev–Trinajstić information content (AvgIpc) is 2.62. The Morgan fingerprint density at radius 2 is 2.08 bits per heavy atom. The Balaban J connectivity index is 2.11. The molecule has 1 heterocycles. The van der Waals surface area contributed by atoms with Crippen LogP contribution >= 0.6 is 11.6 Å².